The lowest BCUT2D eigenvalue weighted by Gasteiger charge is -2.22. The number of halogens is 3. The number of anilines is 1. The van der Waals surface area contributed by atoms with Crippen LogP contribution in [0.2, 0.25) is 0 Å². The summed E-state index contributed by atoms with van der Waals surface area (Å²) in [6.45, 7) is 2.02. The largest absolute Gasteiger partial charge is 0.417 e. The number of hydrogen-bond acceptors (Lipinski definition) is 5. The number of rotatable bonds is 5. The molecule has 0 aliphatic heterocycles. The van der Waals surface area contributed by atoms with E-state index < -0.39 is 11.7 Å². The molecule has 0 aliphatic rings. The highest BCUT2D eigenvalue weighted by molar-refractivity contribution is 5.98. The van der Waals surface area contributed by atoms with Gasteiger partial charge in [0.05, 0.1) is 35.6 Å². The quantitative estimate of drug-likeness (QED) is 0.472. The van der Waals surface area contributed by atoms with Crippen LogP contribution < -0.4 is 5.73 Å². The molecule has 0 saturated carbocycles. The molecule has 33 heavy (non-hydrogen) atoms. The molecule has 0 aliphatic carbocycles. The lowest BCUT2D eigenvalue weighted by atomic mass is 10.1. The van der Waals surface area contributed by atoms with Crippen molar-refractivity contribution in [1.29, 1.82) is 0 Å². The van der Waals surface area contributed by atoms with Crippen molar-refractivity contribution in [3.63, 3.8) is 0 Å². The number of pyridine rings is 3. The lowest BCUT2D eigenvalue weighted by Crippen LogP contribution is -2.31. The first-order valence-corrected chi connectivity index (χ1v) is 10.1. The van der Waals surface area contributed by atoms with Gasteiger partial charge in [0.15, 0.2) is 0 Å². The number of benzene rings is 1. The van der Waals surface area contributed by atoms with Gasteiger partial charge in [-0.25, -0.2) is 4.98 Å². The Labute approximate surface area is 187 Å². The second kappa shape index (κ2) is 8.85. The molecule has 0 spiro atoms. The number of aromatic nitrogens is 3. The van der Waals surface area contributed by atoms with Crippen molar-refractivity contribution < 1.29 is 18.0 Å². The Morgan fingerprint density at radius 2 is 1.76 bits per heavy atom. The van der Waals surface area contributed by atoms with Gasteiger partial charge < -0.3 is 10.6 Å². The smallest absolute Gasteiger partial charge is 0.383 e. The van der Waals surface area contributed by atoms with Gasteiger partial charge in [-0.2, -0.15) is 13.2 Å². The molecule has 2 N–H and O–H groups in total. The Kier molecular flexibility index (Phi) is 5.95. The van der Waals surface area contributed by atoms with E-state index in [1.807, 2.05) is 13.0 Å². The number of nitrogens with zero attached hydrogens (tertiary/aromatic N) is 4. The Bertz CT molecular complexity index is 1290. The third-order valence-corrected chi connectivity index (χ3v) is 5.16. The van der Waals surface area contributed by atoms with E-state index in [-0.39, 0.29) is 19.0 Å². The van der Waals surface area contributed by atoms with E-state index in [1.54, 1.807) is 42.6 Å². The molecule has 3 heterocycles. The summed E-state index contributed by atoms with van der Waals surface area (Å²) in [6, 6.07) is 14.5. The van der Waals surface area contributed by atoms with Gasteiger partial charge in [-0.1, -0.05) is 6.07 Å². The van der Waals surface area contributed by atoms with E-state index in [4.69, 9.17) is 5.73 Å². The van der Waals surface area contributed by atoms with Crippen LogP contribution in [0.1, 0.15) is 32.9 Å². The summed E-state index contributed by atoms with van der Waals surface area (Å²) in [5, 5.41) is 0.762. The Hall–Kier alpha value is -4.01. The third kappa shape index (κ3) is 5.08. The summed E-state index contributed by atoms with van der Waals surface area (Å²) in [4.78, 5) is 27.4. The zero-order valence-corrected chi connectivity index (χ0v) is 17.7. The highest BCUT2D eigenvalue weighted by Crippen LogP contribution is 2.28. The molecule has 1 aromatic carbocycles. The summed E-state index contributed by atoms with van der Waals surface area (Å²) < 4.78 is 38.6. The molecule has 0 saturated heterocycles. The van der Waals surface area contributed by atoms with Crippen molar-refractivity contribution in [2.45, 2.75) is 26.2 Å². The molecule has 1 amide bonds. The Morgan fingerprint density at radius 3 is 2.39 bits per heavy atom. The van der Waals surface area contributed by atoms with E-state index in [1.165, 1.54) is 11.0 Å². The van der Waals surface area contributed by atoms with Crippen molar-refractivity contribution in [3.8, 4) is 0 Å². The van der Waals surface area contributed by atoms with Crippen LogP contribution in [0.4, 0.5) is 19.0 Å². The lowest BCUT2D eigenvalue weighted by molar-refractivity contribution is -0.137. The predicted octanol–water partition coefficient (Wildman–Crippen LogP) is 4.78. The van der Waals surface area contributed by atoms with Gasteiger partial charge in [0.2, 0.25) is 0 Å². The highest BCUT2D eigenvalue weighted by Gasteiger charge is 2.30. The summed E-state index contributed by atoms with van der Waals surface area (Å²) >= 11 is 0. The van der Waals surface area contributed by atoms with E-state index in [0.717, 1.165) is 23.2 Å². The van der Waals surface area contributed by atoms with Crippen molar-refractivity contribution in [2.75, 3.05) is 5.73 Å². The molecule has 0 bridgehead atoms. The molecule has 4 aromatic rings. The van der Waals surface area contributed by atoms with Crippen molar-refractivity contribution in [2.24, 2.45) is 0 Å². The van der Waals surface area contributed by atoms with Crippen LogP contribution in [0.5, 0.6) is 0 Å². The number of aryl methyl sites for hydroxylation is 1. The monoisotopic (exact) mass is 451 g/mol. The highest BCUT2D eigenvalue weighted by atomic mass is 19.4. The number of fused-ring (bicyclic) bond motifs is 1. The fraction of sp³-hybridized carbons (Fsp3) is 0.167. The molecule has 6 nitrogen and oxygen atoms in total. The standard InChI is InChI=1S/C24H20F3N5O/c1-15-10-17-11-16(5-8-21(17)31-22(15)28)23(33)32(13-19-4-2-3-9-29-19)14-20-7-6-18(12-30-20)24(25,26)27/h2-12H,13-14H2,1H3,(H2,28,31). The average Bonchev–Trinajstić information content (AvgIpc) is 2.79. The topological polar surface area (TPSA) is 85.0 Å². The fourth-order valence-electron chi connectivity index (χ4n) is 3.38. The van der Waals surface area contributed by atoms with Crippen molar-refractivity contribution in [3.05, 3.63) is 95.1 Å². The maximum atomic E-state index is 13.4. The van der Waals surface area contributed by atoms with E-state index in [9.17, 15) is 18.0 Å². The zero-order chi connectivity index (χ0) is 23.6. The maximum absolute atomic E-state index is 13.4. The fourth-order valence-corrected chi connectivity index (χ4v) is 3.38. The minimum Gasteiger partial charge on any atom is -0.383 e. The summed E-state index contributed by atoms with van der Waals surface area (Å²) in [5.41, 5.74) is 7.88. The number of nitrogen functional groups attached to an aromatic ring is 1. The molecule has 9 heteroatoms. The zero-order valence-electron chi connectivity index (χ0n) is 17.7. The number of alkyl halides is 3. The number of carbonyl (C=O) groups is 1. The van der Waals surface area contributed by atoms with Gasteiger partial charge in [-0.15, -0.1) is 0 Å². The molecule has 0 fully saturated rings. The molecular weight excluding hydrogens is 431 g/mol. The second-order valence-corrected chi connectivity index (χ2v) is 7.62. The number of carbonyl (C=O) groups excluding carboxylic acids is 1. The molecular formula is C24H20F3N5O. The normalized spacial score (nSPS) is 11.5. The second-order valence-electron chi connectivity index (χ2n) is 7.62. The molecule has 3 aromatic heterocycles. The maximum Gasteiger partial charge on any atom is 0.417 e. The van der Waals surface area contributed by atoms with Crippen LogP contribution in [0.15, 0.2) is 67.0 Å². The predicted molar refractivity (Wildman–Crippen MR) is 118 cm³/mol. The number of hydrogen-bond donors (Lipinski definition) is 1. The number of nitrogens with two attached hydrogens (primary N) is 1. The van der Waals surface area contributed by atoms with Crippen LogP contribution in [-0.4, -0.2) is 25.8 Å². The van der Waals surface area contributed by atoms with Gasteiger partial charge >= 0.3 is 6.18 Å². The minimum atomic E-state index is -4.48. The summed E-state index contributed by atoms with van der Waals surface area (Å²) in [5.74, 6) is 0.116. The summed E-state index contributed by atoms with van der Waals surface area (Å²) in [6.07, 6.45) is -2.09. The molecule has 168 valence electrons. The first-order chi connectivity index (χ1) is 15.7. The number of amides is 1. The third-order valence-electron chi connectivity index (χ3n) is 5.16. The average molecular weight is 451 g/mol. The van der Waals surface area contributed by atoms with Crippen LogP contribution >= 0.6 is 0 Å². The minimum absolute atomic E-state index is 0.0184. The van der Waals surface area contributed by atoms with Crippen molar-refractivity contribution in [1.82, 2.24) is 19.9 Å². The van der Waals surface area contributed by atoms with Gasteiger partial charge in [0, 0.05) is 23.3 Å². The van der Waals surface area contributed by atoms with Gasteiger partial charge in [0.1, 0.15) is 5.82 Å². The van der Waals surface area contributed by atoms with Crippen LogP contribution in [0.25, 0.3) is 10.9 Å². The van der Waals surface area contributed by atoms with E-state index in [0.29, 0.717) is 28.3 Å². The molecule has 0 unspecified atom stereocenters. The van der Waals surface area contributed by atoms with Crippen LogP contribution in [0, 0.1) is 6.92 Å². The summed E-state index contributed by atoms with van der Waals surface area (Å²) in [7, 11) is 0. The molecule has 0 atom stereocenters. The van der Waals surface area contributed by atoms with E-state index in [2.05, 4.69) is 15.0 Å². The molecule has 0 radical (unpaired) electrons. The van der Waals surface area contributed by atoms with E-state index >= 15 is 0 Å². The van der Waals surface area contributed by atoms with Crippen LogP contribution in [0.3, 0.4) is 0 Å². The Balaban J connectivity index is 1.66. The van der Waals surface area contributed by atoms with Crippen LogP contribution in [-0.2, 0) is 19.3 Å². The van der Waals surface area contributed by atoms with Gasteiger partial charge in [0.25, 0.3) is 5.91 Å². The van der Waals surface area contributed by atoms with Gasteiger partial charge in [-0.3, -0.25) is 14.8 Å². The SMILES string of the molecule is Cc1cc2cc(C(=O)N(Cc3ccccn3)Cc3ccc(C(F)(F)F)cn3)ccc2nc1N. The van der Waals surface area contributed by atoms with Gasteiger partial charge in [-0.05, 0) is 61.0 Å². The first kappa shape index (κ1) is 22.2. The van der Waals surface area contributed by atoms with Crippen molar-refractivity contribution >= 4 is 22.6 Å². The first-order valence-electron chi connectivity index (χ1n) is 10.1. The molecule has 4 rings (SSSR count). The Morgan fingerprint density at radius 1 is 1.00 bits per heavy atom.